The number of hydrogen-bond donors (Lipinski definition) is 0. The molecule has 0 fully saturated rings. The molecule has 0 spiro atoms. The molecule has 6 nitrogen and oxygen atoms in total. The third kappa shape index (κ3) is 2.66. The van der Waals surface area contributed by atoms with E-state index in [4.69, 9.17) is 0 Å². The highest BCUT2D eigenvalue weighted by molar-refractivity contribution is 5.94. The van der Waals surface area contributed by atoms with Gasteiger partial charge in [-0.2, -0.15) is 10.2 Å². The van der Waals surface area contributed by atoms with Crippen LogP contribution in [-0.2, 0) is 14.1 Å². The summed E-state index contributed by atoms with van der Waals surface area (Å²) in [6.45, 7) is 6.81. The predicted octanol–water partition coefficient (Wildman–Crippen LogP) is 2.62. The molecule has 0 aliphatic carbocycles. The molecule has 2 aromatic heterocycles. The molecule has 0 aromatic carbocycles. The van der Waals surface area contributed by atoms with Gasteiger partial charge >= 0.3 is 0 Å². The zero-order valence-electron chi connectivity index (χ0n) is 15.1. The first-order chi connectivity index (χ1) is 11.4. The van der Waals surface area contributed by atoms with E-state index in [0.717, 1.165) is 35.5 Å². The lowest BCUT2D eigenvalue weighted by Crippen LogP contribution is -2.37. The molecule has 2 aromatic rings. The Morgan fingerprint density at radius 1 is 1.25 bits per heavy atom. The molecule has 1 aliphatic heterocycles. The summed E-state index contributed by atoms with van der Waals surface area (Å²) >= 11 is 0. The van der Waals surface area contributed by atoms with E-state index >= 15 is 0 Å². The average Bonchev–Trinajstić information content (AvgIpc) is 3.19. The van der Waals surface area contributed by atoms with Gasteiger partial charge in [0.25, 0.3) is 5.91 Å². The first-order valence-corrected chi connectivity index (χ1v) is 8.46. The van der Waals surface area contributed by atoms with Crippen LogP contribution in [-0.4, -0.2) is 43.0 Å². The summed E-state index contributed by atoms with van der Waals surface area (Å²) < 4.78 is 3.54. The lowest BCUT2D eigenvalue weighted by molar-refractivity contribution is 0.0733. The Kier molecular flexibility index (Phi) is 4.30. The summed E-state index contributed by atoms with van der Waals surface area (Å²) in [4.78, 5) is 14.9. The summed E-state index contributed by atoms with van der Waals surface area (Å²) in [6, 6.07) is 2.09. The Balaban J connectivity index is 1.93. The average molecular weight is 327 g/mol. The van der Waals surface area contributed by atoms with E-state index in [2.05, 4.69) is 29.3 Å². The minimum atomic E-state index is 0.0406. The molecule has 3 heterocycles. The summed E-state index contributed by atoms with van der Waals surface area (Å²) in [5.41, 5.74) is 4.42. The van der Waals surface area contributed by atoms with Crippen molar-refractivity contribution in [3.05, 3.63) is 35.3 Å². The van der Waals surface area contributed by atoms with Crippen molar-refractivity contribution >= 4 is 5.91 Å². The van der Waals surface area contributed by atoms with Gasteiger partial charge in [0.2, 0.25) is 0 Å². The Morgan fingerprint density at radius 2 is 2.00 bits per heavy atom. The Bertz CT molecular complexity index is 799. The highest BCUT2D eigenvalue weighted by Crippen LogP contribution is 2.27. The first-order valence-electron chi connectivity index (χ1n) is 8.46. The second-order valence-corrected chi connectivity index (χ2v) is 6.45. The monoisotopic (exact) mass is 327 g/mol. The van der Waals surface area contributed by atoms with E-state index in [0.29, 0.717) is 12.2 Å². The van der Waals surface area contributed by atoms with Crippen molar-refractivity contribution in [3.8, 4) is 11.3 Å². The summed E-state index contributed by atoms with van der Waals surface area (Å²) in [6.07, 6.45) is 6.26. The lowest BCUT2D eigenvalue weighted by atomic mass is 10.1. The van der Waals surface area contributed by atoms with E-state index in [1.54, 1.807) is 4.68 Å². The van der Waals surface area contributed by atoms with Gasteiger partial charge in [0.05, 0.1) is 17.4 Å². The van der Waals surface area contributed by atoms with Crippen LogP contribution in [0.3, 0.4) is 0 Å². The van der Waals surface area contributed by atoms with Crippen LogP contribution in [0.1, 0.15) is 41.6 Å². The normalized spacial score (nSPS) is 17.0. The van der Waals surface area contributed by atoms with Crippen LogP contribution in [0.5, 0.6) is 0 Å². The molecule has 0 saturated carbocycles. The van der Waals surface area contributed by atoms with Crippen LogP contribution in [0.25, 0.3) is 11.3 Å². The van der Waals surface area contributed by atoms with E-state index in [1.807, 2.05) is 43.6 Å². The predicted molar refractivity (Wildman–Crippen MR) is 93.8 cm³/mol. The van der Waals surface area contributed by atoms with Crippen molar-refractivity contribution in [1.82, 2.24) is 24.5 Å². The maximum Gasteiger partial charge on any atom is 0.272 e. The molecule has 1 atom stereocenters. The molecule has 0 N–H and O–H groups in total. The van der Waals surface area contributed by atoms with Gasteiger partial charge in [-0.05, 0) is 26.3 Å². The molecule has 1 aliphatic rings. The molecule has 0 saturated heterocycles. The maximum absolute atomic E-state index is 13.0. The molecular formula is C18H25N5O. The smallest absolute Gasteiger partial charge is 0.272 e. The van der Waals surface area contributed by atoms with E-state index in [1.165, 1.54) is 0 Å². The van der Waals surface area contributed by atoms with Crippen molar-refractivity contribution in [2.45, 2.75) is 39.7 Å². The summed E-state index contributed by atoms with van der Waals surface area (Å²) in [7, 11) is 3.75. The molecular weight excluding hydrogens is 302 g/mol. The van der Waals surface area contributed by atoms with Crippen molar-refractivity contribution in [3.63, 3.8) is 0 Å². The van der Waals surface area contributed by atoms with Crippen LogP contribution in [0.15, 0.2) is 18.2 Å². The summed E-state index contributed by atoms with van der Waals surface area (Å²) in [5, 5.41) is 9.02. The molecule has 3 rings (SSSR count). The first kappa shape index (κ1) is 16.5. The van der Waals surface area contributed by atoms with Crippen molar-refractivity contribution in [1.29, 1.82) is 0 Å². The number of carbonyl (C=O) groups is 1. The van der Waals surface area contributed by atoms with Crippen LogP contribution >= 0.6 is 0 Å². The van der Waals surface area contributed by atoms with Crippen LogP contribution in [0.2, 0.25) is 0 Å². The molecule has 0 bridgehead atoms. The fourth-order valence-corrected chi connectivity index (χ4v) is 3.43. The van der Waals surface area contributed by atoms with Gasteiger partial charge in [0, 0.05) is 31.9 Å². The zero-order chi connectivity index (χ0) is 17.4. The Morgan fingerprint density at radius 3 is 2.62 bits per heavy atom. The van der Waals surface area contributed by atoms with Gasteiger partial charge in [-0.15, -0.1) is 0 Å². The number of rotatable bonds is 4. The van der Waals surface area contributed by atoms with Gasteiger partial charge in [-0.25, -0.2) is 0 Å². The van der Waals surface area contributed by atoms with Crippen molar-refractivity contribution in [2.75, 3.05) is 6.54 Å². The highest BCUT2D eigenvalue weighted by Gasteiger charge is 2.28. The zero-order valence-corrected chi connectivity index (χ0v) is 15.1. The number of carbonyl (C=O) groups excluding carboxylic acids is 1. The van der Waals surface area contributed by atoms with Gasteiger partial charge in [0.1, 0.15) is 5.69 Å². The number of nitrogens with zero attached hydrogens (tertiary/aromatic N) is 5. The van der Waals surface area contributed by atoms with Crippen LogP contribution < -0.4 is 0 Å². The second kappa shape index (κ2) is 6.26. The van der Waals surface area contributed by atoms with Gasteiger partial charge < -0.3 is 4.90 Å². The topological polar surface area (TPSA) is 56.0 Å². The lowest BCUT2D eigenvalue weighted by Gasteiger charge is -2.24. The molecule has 128 valence electrons. The minimum absolute atomic E-state index is 0.0406. The van der Waals surface area contributed by atoms with E-state index < -0.39 is 0 Å². The van der Waals surface area contributed by atoms with E-state index in [9.17, 15) is 4.79 Å². The van der Waals surface area contributed by atoms with Crippen molar-refractivity contribution in [2.24, 2.45) is 14.1 Å². The molecule has 6 heteroatoms. The standard InChI is InChI=1S/C18H25N5O/c1-6-8-14-9-7-10-23(14)18(24)16-11-15(20-22(16)5)17-12(2)19-21(4)13(17)3/h7,9,11,14H,6,8,10H2,1-5H3/t14-/m0/s1. The largest absolute Gasteiger partial charge is 0.327 e. The molecule has 0 radical (unpaired) electrons. The fraction of sp³-hybridized carbons (Fsp3) is 0.500. The SMILES string of the molecule is CCC[C@H]1C=CCN1C(=O)c1cc(-c2c(C)nn(C)c2C)nn1C. The quantitative estimate of drug-likeness (QED) is 0.811. The second-order valence-electron chi connectivity index (χ2n) is 6.45. The van der Waals surface area contributed by atoms with Gasteiger partial charge in [0.15, 0.2) is 0 Å². The number of amides is 1. The maximum atomic E-state index is 13.0. The Hall–Kier alpha value is -2.37. The van der Waals surface area contributed by atoms with E-state index in [-0.39, 0.29) is 11.9 Å². The van der Waals surface area contributed by atoms with Crippen LogP contribution in [0, 0.1) is 13.8 Å². The Labute approximate surface area is 142 Å². The van der Waals surface area contributed by atoms with Gasteiger partial charge in [-0.1, -0.05) is 25.5 Å². The number of aromatic nitrogens is 4. The van der Waals surface area contributed by atoms with Gasteiger partial charge in [-0.3, -0.25) is 14.2 Å². The molecule has 24 heavy (non-hydrogen) atoms. The molecule has 0 unspecified atom stereocenters. The number of aryl methyl sites for hydroxylation is 3. The third-order valence-corrected chi connectivity index (χ3v) is 4.77. The highest BCUT2D eigenvalue weighted by atomic mass is 16.2. The van der Waals surface area contributed by atoms with Crippen LogP contribution in [0.4, 0.5) is 0 Å². The fourth-order valence-electron chi connectivity index (χ4n) is 3.43. The summed E-state index contributed by atoms with van der Waals surface area (Å²) in [5.74, 6) is 0.0406. The third-order valence-electron chi connectivity index (χ3n) is 4.77. The van der Waals surface area contributed by atoms with Crippen molar-refractivity contribution < 1.29 is 4.79 Å². The number of hydrogen-bond acceptors (Lipinski definition) is 3. The minimum Gasteiger partial charge on any atom is -0.327 e. The molecule has 1 amide bonds.